The van der Waals surface area contributed by atoms with Crippen molar-refractivity contribution >= 4 is 29.2 Å². The van der Waals surface area contributed by atoms with Crippen molar-refractivity contribution in [2.45, 2.75) is 18.9 Å². The quantitative estimate of drug-likeness (QED) is 0.638. The van der Waals surface area contributed by atoms with Gasteiger partial charge in [-0.3, -0.25) is 4.79 Å². The summed E-state index contributed by atoms with van der Waals surface area (Å²) in [5.41, 5.74) is 5.96. The van der Waals surface area contributed by atoms with Crippen molar-refractivity contribution < 1.29 is 14.3 Å². The number of anilines is 1. The van der Waals surface area contributed by atoms with E-state index in [2.05, 4.69) is 5.32 Å². The molecule has 96 valence electrons. The molecule has 0 spiro atoms. The van der Waals surface area contributed by atoms with Crippen LogP contribution in [0, 0.1) is 0 Å². The Balaban J connectivity index is 1.92. The van der Waals surface area contributed by atoms with Gasteiger partial charge in [0.05, 0.1) is 5.02 Å². The number of rotatable bonds is 4. The van der Waals surface area contributed by atoms with E-state index in [0.717, 1.165) is 12.8 Å². The van der Waals surface area contributed by atoms with Gasteiger partial charge in [-0.25, -0.2) is 4.79 Å². The SMILES string of the molecule is Nc1cccc(Cl)c1C(=O)OCC(=O)NC1CC1. The third-order valence-electron chi connectivity index (χ3n) is 2.53. The molecule has 0 radical (unpaired) electrons. The number of hydrogen-bond acceptors (Lipinski definition) is 4. The monoisotopic (exact) mass is 268 g/mol. The number of amides is 1. The van der Waals surface area contributed by atoms with Gasteiger partial charge in [0.15, 0.2) is 6.61 Å². The van der Waals surface area contributed by atoms with Crippen LogP contribution in [0.15, 0.2) is 18.2 Å². The molecule has 1 fully saturated rings. The normalized spacial score (nSPS) is 14.1. The van der Waals surface area contributed by atoms with Crippen molar-refractivity contribution in [2.75, 3.05) is 12.3 Å². The summed E-state index contributed by atoms with van der Waals surface area (Å²) in [5, 5.41) is 2.92. The minimum absolute atomic E-state index is 0.0957. The number of nitrogens with two attached hydrogens (primary N) is 1. The van der Waals surface area contributed by atoms with Crippen molar-refractivity contribution in [3.63, 3.8) is 0 Å². The average molecular weight is 269 g/mol. The molecule has 1 aliphatic rings. The summed E-state index contributed by atoms with van der Waals surface area (Å²) < 4.78 is 4.86. The second kappa shape index (κ2) is 5.27. The maximum Gasteiger partial charge on any atom is 0.342 e. The first-order valence-corrected chi connectivity index (χ1v) is 5.96. The number of benzene rings is 1. The molecule has 0 bridgehead atoms. The lowest BCUT2D eigenvalue weighted by atomic mass is 10.2. The van der Waals surface area contributed by atoms with E-state index in [1.807, 2.05) is 0 Å². The Morgan fingerprint density at radius 3 is 2.78 bits per heavy atom. The molecule has 0 heterocycles. The van der Waals surface area contributed by atoms with Crippen LogP contribution in [0.4, 0.5) is 5.69 Å². The molecule has 0 saturated heterocycles. The fourth-order valence-corrected chi connectivity index (χ4v) is 1.72. The first-order valence-electron chi connectivity index (χ1n) is 5.58. The van der Waals surface area contributed by atoms with Gasteiger partial charge in [0.25, 0.3) is 5.91 Å². The van der Waals surface area contributed by atoms with Gasteiger partial charge < -0.3 is 15.8 Å². The van der Waals surface area contributed by atoms with Crippen LogP contribution in [-0.4, -0.2) is 24.5 Å². The molecule has 1 aliphatic carbocycles. The highest BCUT2D eigenvalue weighted by Crippen LogP contribution is 2.22. The second-order valence-corrected chi connectivity index (χ2v) is 4.53. The Hall–Kier alpha value is -1.75. The highest BCUT2D eigenvalue weighted by molar-refractivity contribution is 6.34. The lowest BCUT2D eigenvalue weighted by Crippen LogP contribution is -2.30. The molecule has 1 aromatic rings. The number of nitrogens with one attached hydrogen (secondary N) is 1. The van der Waals surface area contributed by atoms with Gasteiger partial charge >= 0.3 is 5.97 Å². The van der Waals surface area contributed by atoms with Crippen molar-refractivity contribution in [3.05, 3.63) is 28.8 Å². The fraction of sp³-hybridized carbons (Fsp3) is 0.333. The van der Waals surface area contributed by atoms with E-state index in [1.54, 1.807) is 18.2 Å². The van der Waals surface area contributed by atoms with Gasteiger partial charge in [-0.15, -0.1) is 0 Å². The molecule has 0 unspecified atom stereocenters. The van der Waals surface area contributed by atoms with Crippen LogP contribution >= 0.6 is 11.6 Å². The van der Waals surface area contributed by atoms with Crippen molar-refractivity contribution in [1.29, 1.82) is 0 Å². The number of halogens is 1. The standard InChI is InChI=1S/C12H13ClN2O3/c13-8-2-1-3-9(14)11(8)12(17)18-6-10(16)15-7-4-5-7/h1-3,7H,4-6,14H2,(H,15,16). The molecule has 1 aromatic carbocycles. The Labute approximate surface area is 109 Å². The molecule has 0 aliphatic heterocycles. The first kappa shape index (κ1) is 12.7. The van der Waals surface area contributed by atoms with E-state index >= 15 is 0 Å². The van der Waals surface area contributed by atoms with E-state index in [-0.39, 0.29) is 34.8 Å². The summed E-state index contributed by atoms with van der Waals surface area (Å²) in [7, 11) is 0. The second-order valence-electron chi connectivity index (χ2n) is 4.12. The summed E-state index contributed by atoms with van der Waals surface area (Å²) in [6.45, 7) is -0.319. The van der Waals surface area contributed by atoms with Gasteiger partial charge in [-0.05, 0) is 25.0 Å². The zero-order chi connectivity index (χ0) is 13.1. The fourth-order valence-electron chi connectivity index (χ4n) is 1.46. The molecule has 6 heteroatoms. The van der Waals surface area contributed by atoms with E-state index in [1.165, 1.54) is 0 Å². The zero-order valence-electron chi connectivity index (χ0n) is 9.61. The van der Waals surface area contributed by atoms with Crippen molar-refractivity contribution in [2.24, 2.45) is 0 Å². The van der Waals surface area contributed by atoms with Gasteiger partial charge in [-0.1, -0.05) is 17.7 Å². The summed E-state index contributed by atoms with van der Waals surface area (Å²) in [4.78, 5) is 23.1. The molecule has 18 heavy (non-hydrogen) atoms. The average Bonchev–Trinajstić information content (AvgIpc) is 3.10. The highest BCUT2D eigenvalue weighted by atomic mass is 35.5. The van der Waals surface area contributed by atoms with Gasteiger partial charge in [-0.2, -0.15) is 0 Å². The van der Waals surface area contributed by atoms with Crippen LogP contribution in [0.2, 0.25) is 5.02 Å². The van der Waals surface area contributed by atoms with Crippen LogP contribution in [-0.2, 0) is 9.53 Å². The molecule has 0 atom stereocenters. The van der Waals surface area contributed by atoms with Crippen LogP contribution < -0.4 is 11.1 Å². The molecule has 1 amide bonds. The predicted molar refractivity (Wildman–Crippen MR) is 67.3 cm³/mol. The number of carbonyl (C=O) groups excluding carboxylic acids is 2. The van der Waals surface area contributed by atoms with Crippen LogP contribution in [0.1, 0.15) is 23.2 Å². The Kier molecular flexibility index (Phi) is 3.72. The van der Waals surface area contributed by atoms with E-state index < -0.39 is 5.97 Å². The van der Waals surface area contributed by atoms with Crippen LogP contribution in [0.5, 0.6) is 0 Å². The van der Waals surface area contributed by atoms with Crippen LogP contribution in [0.25, 0.3) is 0 Å². The van der Waals surface area contributed by atoms with Gasteiger partial charge in [0, 0.05) is 11.7 Å². The van der Waals surface area contributed by atoms with Gasteiger partial charge in [0.1, 0.15) is 5.56 Å². The maximum atomic E-state index is 11.7. The van der Waals surface area contributed by atoms with E-state index in [4.69, 9.17) is 22.1 Å². The van der Waals surface area contributed by atoms with E-state index in [9.17, 15) is 9.59 Å². The predicted octanol–water partition coefficient (Wildman–Crippen LogP) is 1.36. The third kappa shape index (κ3) is 3.13. The first-order chi connectivity index (χ1) is 8.58. The number of nitrogen functional groups attached to an aromatic ring is 1. The largest absolute Gasteiger partial charge is 0.452 e. The highest BCUT2D eigenvalue weighted by Gasteiger charge is 2.24. The molecular weight excluding hydrogens is 256 g/mol. The van der Waals surface area contributed by atoms with Crippen molar-refractivity contribution in [3.8, 4) is 0 Å². The minimum Gasteiger partial charge on any atom is -0.452 e. The molecular formula is C12H13ClN2O3. The molecule has 5 nitrogen and oxygen atoms in total. The van der Waals surface area contributed by atoms with Crippen LogP contribution in [0.3, 0.4) is 0 Å². The Morgan fingerprint density at radius 2 is 2.17 bits per heavy atom. The molecule has 3 N–H and O–H groups in total. The summed E-state index contributed by atoms with van der Waals surface area (Å²) >= 11 is 5.85. The number of hydrogen-bond donors (Lipinski definition) is 2. The summed E-state index contributed by atoms with van der Waals surface area (Å²) in [6, 6.07) is 4.96. The van der Waals surface area contributed by atoms with E-state index in [0.29, 0.717) is 0 Å². The summed E-state index contributed by atoms with van der Waals surface area (Å²) in [6.07, 6.45) is 1.97. The number of carbonyl (C=O) groups is 2. The third-order valence-corrected chi connectivity index (χ3v) is 2.84. The summed E-state index contributed by atoms with van der Waals surface area (Å²) in [5.74, 6) is -1.000. The number of ether oxygens (including phenoxy) is 1. The minimum atomic E-state index is -0.691. The van der Waals surface area contributed by atoms with Gasteiger partial charge in [0.2, 0.25) is 0 Å². The molecule has 1 saturated carbocycles. The lowest BCUT2D eigenvalue weighted by molar-refractivity contribution is -0.124. The topological polar surface area (TPSA) is 81.4 Å². The lowest BCUT2D eigenvalue weighted by Gasteiger charge is -2.08. The Bertz CT molecular complexity index is 466. The number of esters is 1. The maximum absolute atomic E-state index is 11.7. The Morgan fingerprint density at radius 1 is 1.44 bits per heavy atom. The molecule has 2 rings (SSSR count). The molecule has 0 aromatic heterocycles. The smallest absolute Gasteiger partial charge is 0.342 e. The zero-order valence-corrected chi connectivity index (χ0v) is 10.4. The van der Waals surface area contributed by atoms with Crippen molar-refractivity contribution in [1.82, 2.24) is 5.32 Å².